The highest BCUT2D eigenvalue weighted by atomic mass is 79.9. The lowest BCUT2D eigenvalue weighted by Gasteiger charge is -2.09. The minimum atomic E-state index is -0.520. The Balaban J connectivity index is 2.42. The van der Waals surface area contributed by atoms with Crippen LogP contribution in [-0.4, -0.2) is 4.92 Å². The number of nitrogens with one attached hydrogen (secondary N) is 1. The molecule has 0 bridgehead atoms. The van der Waals surface area contributed by atoms with E-state index in [2.05, 4.69) is 21.2 Å². The van der Waals surface area contributed by atoms with Crippen LogP contribution in [0.1, 0.15) is 5.56 Å². The van der Waals surface area contributed by atoms with Crippen LogP contribution in [0, 0.1) is 21.4 Å². The molecule has 0 heterocycles. The highest BCUT2D eigenvalue weighted by molar-refractivity contribution is 9.10. The second kappa shape index (κ2) is 5.59. The van der Waals surface area contributed by atoms with Crippen molar-refractivity contribution in [2.75, 3.05) is 11.1 Å². The number of nitro benzene ring substituents is 1. The molecular weight excluding hydrogens is 324 g/mol. The standard InChI is InChI=1S/C13H9BrN4O2/c14-9-2-1-8(7-15)13(3-9)17-11-4-10(16)5-12(6-11)18(19)20/h1-6,17H,16H2. The Morgan fingerprint density at radius 1 is 1.30 bits per heavy atom. The molecule has 0 aliphatic rings. The second-order valence-corrected chi connectivity index (χ2v) is 4.91. The molecule has 0 unspecified atom stereocenters. The van der Waals surface area contributed by atoms with Gasteiger partial charge in [-0.1, -0.05) is 15.9 Å². The first-order valence-electron chi connectivity index (χ1n) is 5.51. The summed E-state index contributed by atoms with van der Waals surface area (Å²) in [6, 6.07) is 11.3. The number of nitrogens with two attached hydrogens (primary N) is 1. The molecule has 0 fully saturated rings. The van der Waals surface area contributed by atoms with E-state index in [1.165, 1.54) is 12.1 Å². The molecule has 20 heavy (non-hydrogen) atoms. The van der Waals surface area contributed by atoms with E-state index in [-0.39, 0.29) is 11.4 Å². The van der Waals surface area contributed by atoms with Crippen LogP contribution >= 0.6 is 15.9 Å². The van der Waals surface area contributed by atoms with Crippen molar-refractivity contribution >= 4 is 38.7 Å². The van der Waals surface area contributed by atoms with Crippen LogP contribution in [0.4, 0.5) is 22.7 Å². The third-order valence-corrected chi connectivity index (χ3v) is 3.03. The van der Waals surface area contributed by atoms with E-state index in [1.807, 2.05) is 6.07 Å². The molecule has 2 rings (SSSR count). The number of hydrogen-bond acceptors (Lipinski definition) is 5. The van der Waals surface area contributed by atoms with Gasteiger partial charge >= 0.3 is 0 Å². The van der Waals surface area contributed by atoms with Gasteiger partial charge in [-0.25, -0.2) is 0 Å². The summed E-state index contributed by atoms with van der Waals surface area (Å²) < 4.78 is 0.789. The van der Waals surface area contributed by atoms with Gasteiger partial charge in [-0.2, -0.15) is 5.26 Å². The molecule has 0 spiro atoms. The molecule has 2 aromatic carbocycles. The van der Waals surface area contributed by atoms with Gasteiger partial charge in [-0.15, -0.1) is 0 Å². The Labute approximate surface area is 123 Å². The topological polar surface area (TPSA) is 105 Å². The highest BCUT2D eigenvalue weighted by Crippen LogP contribution is 2.28. The molecule has 7 heteroatoms. The van der Waals surface area contributed by atoms with E-state index in [0.29, 0.717) is 16.9 Å². The molecule has 0 saturated heterocycles. The summed E-state index contributed by atoms with van der Waals surface area (Å²) in [5.41, 5.74) is 7.22. The lowest BCUT2D eigenvalue weighted by Crippen LogP contribution is -1.97. The van der Waals surface area contributed by atoms with Crippen molar-refractivity contribution in [3.63, 3.8) is 0 Å². The average Bonchev–Trinajstić information content (AvgIpc) is 2.38. The third-order valence-electron chi connectivity index (χ3n) is 2.53. The first-order valence-corrected chi connectivity index (χ1v) is 6.30. The number of rotatable bonds is 3. The number of hydrogen-bond donors (Lipinski definition) is 2. The molecule has 100 valence electrons. The van der Waals surface area contributed by atoms with Crippen LogP contribution in [-0.2, 0) is 0 Å². The van der Waals surface area contributed by atoms with Crippen molar-refractivity contribution in [3.05, 3.63) is 56.5 Å². The van der Waals surface area contributed by atoms with E-state index >= 15 is 0 Å². The van der Waals surface area contributed by atoms with Gasteiger partial charge in [0, 0.05) is 28.0 Å². The normalized spacial score (nSPS) is 9.80. The number of nitrogen functional groups attached to an aromatic ring is 1. The first kappa shape index (κ1) is 13.8. The number of nitro groups is 1. The summed E-state index contributed by atoms with van der Waals surface area (Å²) in [4.78, 5) is 10.3. The van der Waals surface area contributed by atoms with Gasteiger partial charge in [0.05, 0.1) is 16.2 Å². The Kier molecular flexibility index (Phi) is 3.86. The predicted molar refractivity (Wildman–Crippen MR) is 79.6 cm³/mol. The van der Waals surface area contributed by atoms with Crippen LogP contribution in [0.15, 0.2) is 40.9 Å². The molecule has 0 aliphatic heterocycles. The molecule has 0 aromatic heterocycles. The number of nitriles is 1. The molecule has 0 atom stereocenters. The van der Waals surface area contributed by atoms with E-state index in [4.69, 9.17) is 11.0 Å². The van der Waals surface area contributed by atoms with Crippen molar-refractivity contribution in [1.29, 1.82) is 5.26 Å². The van der Waals surface area contributed by atoms with Gasteiger partial charge in [0.15, 0.2) is 0 Å². The van der Waals surface area contributed by atoms with Crippen LogP contribution in [0.2, 0.25) is 0 Å². The monoisotopic (exact) mass is 332 g/mol. The summed E-state index contributed by atoms with van der Waals surface area (Å²) in [6.07, 6.45) is 0. The first-order chi connectivity index (χ1) is 9.49. The zero-order chi connectivity index (χ0) is 14.7. The van der Waals surface area contributed by atoms with E-state index in [1.54, 1.807) is 24.3 Å². The molecule has 0 saturated carbocycles. The van der Waals surface area contributed by atoms with Gasteiger partial charge in [0.2, 0.25) is 0 Å². The molecule has 0 radical (unpaired) electrons. The zero-order valence-electron chi connectivity index (χ0n) is 10.1. The lowest BCUT2D eigenvalue weighted by atomic mass is 10.2. The molecule has 3 N–H and O–H groups in total. The maximum Gasteiger partial charge on any atom is 0.273 e. The smallest absolute Gasteiger partial charge is 0.273 e. The fourth-order valence-corrected chi connectivity index (χ4v) is 2.05. The lowest BCUT2D eigenvalue weighted by molar-refractivity contribution is -0.384. The molecule has 6 nitrogen and oxygen atoms in total. The van der Waals surface area contributed by atoms with Crippen molar-refractivity contribution in [2.24, 2.45) is 0 Å². The Bertz CT molecular complexity index is 725. The fraction of sp³-hybridized carbons (Fsp3) is 0. The number of anilines is 3. The van der Waals surface area contributed by atoms with Crippen molar-refractivity contribution in [3.8, 4) is 6.07 Å². The van der Waals surface area contributed by atoms with Gasteiger partial charge in [-0.3, -0.25) is 10.1 Å². The summed E-state index contributed by atoms with van der Waals surface area (Å²) in [5, 5.41) is 22.8. The summed E-state index contributed by atoms with van der Waals surface area (Å²) >= 11 is 3.31. The average molecular weight is 333 g/mol. The Morgan fingerprint density at radius 2 is 2.05 bits per heavy atom. The van der Waals surface area contributed by atoms with Crippen LogP contribution < -0.4 is 11.1 Å². The van der Waals surface area contributed by atoms with Crippen LogP contribution in [0.3, 0.4) is 0 Å². The molecule has 0 amide bonds. The molecule has 0 aliphatic carbocycles. The summed E-state index contributed by atoms with van der Waals surface area (Å²) in [6.45, 7) is 0. The third kappa shape index (κ3) is 3.05. The largest absolute Gasteiger partial charge is 0.398 e. The van der Waals surface area contributed by atoms with Gasteiger partial charge in [0.1, 0.15) is 6.07 Å². The fourth-order valence-electron chi connectivity index (χ4n) is 1.69. The Hall–Kier alpha value is -2.59. The predicted octanol–water partition coefficient (Wildman–Crippen LogP) is 3.55. The molecule has 2 aromatic rings. The zero-order valence-corrected chi connectivity index (χ0v) is 11.7. The van der Waals surface area contributed by atoms with Gasteiger partial charge < -0.3 is 11.1 Å². The van der Waals surface area contributed by atoms with Gasteiger partial charge in [0.25, 0.3) is 5.69 Å². The minimum Gasteiger partial charge on any atom is -0.398 e. The van der Waals surface area contributed by atoms with Crippen LogP contribution in [0.25, 0.3) is 0 Å². The van der Waals surface area contributed by atoms with Crippen molar-refractivity contribution < 1.29 is 4.92 Å². The van der Waals surface area contributed by atoms with Gasteiger partial charge in [-0.05, 0) is 24.3 Å². The maximum atomic E-state index is 10.8. The summed E-state index contributed by atoms with van der Waals surface area (Å²) in [7, 11) is 0. The second-order valence-electron chi connectivity index (χ2n) is 4.00. The highest BCUT2D eigenvalue weighted by Gasteiger charge is 2.10. The van der Waals surface area contributed by atoms with E-state index in [0.717, 1.165) is 4.47 Å². The molecular formula is C13H9BrN4O2. The minimum absolute atomic E-state index is 0.110. The van der Waals surface area contributed by atoms with Crippen molar-refractivity contribution in [2.45, 2.75) is 0 Å². The number of benzene rings is 2. The van der Waals surface area contributed by atoms with E-state index in [9.17, 15) is 10.1 Å². The number of nitrogens with zero attached hydrogens (tertiary/aromatic N) is 2. The van der Waals surface area contributed by atoms with E-state index < -0.39 is 4.92 Å². The number of non-ortho nitro benzene ring substituents is 1. The Morgan fingerprint density at radius 3 is 2.70 bits per heavy atom. The van der Waals surface area contributed by atoms with Crippen molar-refractivity contribution in [1.82, 2.24) is 0 Å². The maximum absolute atomic E-state index is 10.8. The summed E-state index contributed by atoms with van der Waals surface area (Å²) in [5.74, 6) is 0. The number of halogens is 1. The quantitative estimate of drug-likeness (QED) is 0.508. The van der Waals surface area contributed by atoms with Crippen LogP contribution in [0.5, 0.6) is 0 Å². The SMILES string of the molecule is N#Cc1ccc(Br)cc1Nc1cc(N)cc([N+](=O)[O-])c1.